The maximum atomic E-state index is 12.7. The summed E-state index contributed by atoms with van der Waals surface area (Å²) in [6.45, 7) is 0.603. The van der Waals surface area contributed by atoms with Crippen LogP contribution in [0.25, 0.3) is 0 Å². The number of carbonyl (C=O) groups is 1. The second-order valence-corrected chi connectivity index (χ2v) is 9.50. The maximum Gasteiger partial charge on any atom is 0.243 e. The summed E-state index contributed by atoms with van der Waals surface area (Å²) in [6, 6.07) is 13.9. The molecule has 2 aromatic carbocycles. The van der Waals surface area contributed by atoms with Crippen molar-refractivity contribution in [3.63, 3.8) is 0 Å². The molecule has 0 bridgehead atoms. The van der Waals surface area contributed by atoms with Gasteiger partial charge in [0, 0.05) is 23.5 Å². The average Bonchev–Trinajstić information content (AvgIpc) is 2.74. The van der Waals surface area contributed by atoms with Gasteiger partial charge in [0.15, 0.2) is 0 Å². The molecule has 0 aliphatic carbocycles. The minimum Gasteiger partial charge on any atom is -0.497 e. The fourth-order valence-corrected chi connectivity index (χ4v) is 4.83. The average molecular weight is 480 g/mol. The summed E-state index contributed by atoms with van der Waals surface area (Å²) in [4.78, 5) is 12.6. The smallest absolute Gasteiger partial charge is 0.243 e. The fraction of sp³-hybridized carbons (Fsp3) is 0.300. The van der Waals surface area contributed by atoms with E-state index in [9.17, 15) is 13.2 Å². The number of piperidine rings is 1. The first-order valence-electron chi connectivity index (χ1n) is 9.13. The summed E-state index contributed by atoms with van der Waals surface area (Å²) >= 11 is 3.30. The van der Waals surface area contributed by atoms with Crippen LogP contribution < -0.4 is 10.2 Å². The first kappa shape index (κ1) is 21.5. The Kier molecular flexibility index (Phi) is 7.05. The van der Waals surface area contributed by atoms with E-state index in [-0.39, 0.29) is 16.7 Å². The highest BCUT2D eigenvalue weighted by Crippen LogP contribution is 2.25. The van der Waals surface area contributed by atoms with Crippen LogP contribution in [0.3, 0.4) is 0 Å². The number of nitrogens with one attached hydrogen (secondary N) is 1. The van der Waals surface area contributed by atoms with Crippen molar-refractivity contribution in [1.29, 1.82) is 0 Å². The van der Waals surface area contributed by atoms with Crippen molar-refractivity contribution in [2.45, 2.75) is 17.7 Å². The van der Waals surface area contributed by atoms with Gasteiger partial charge >= 0.3 is 0 Å². The third-order valence-electron chi connectivity index (χ3n) is 4.76. The van der Waals surface area contributed by atoms with Crippen LogP contribution in [0.15, 0.2) is 63.0 Å². The molecule has 0 unspecified atom stereocenters. The molecule has 1 saturated heterocycles. The number of rotatable bonds is 6. The molecule has 0 saturated carbocycles. The van der Waals surface area contributed by atoms with Crippen LogP contribution in [0.1, 0.15) is 18.4 Å². The number of methoxy groups -OCH3 is 1. The van der Waals surface area contributed by atoms with Crippen molar-refractivity contribution in [3.8, 4) is 5.75 Å². The number of carbonyl (C=O) groups excluding carboxylic acids is 1. The van der Waals surface area contributed by atoms with Crippen molar-refractivity contribution >= 4 is 38.1 Å². The van der Waals surface area contributed by atoms with E-state index in [1.807, 2.05) is 18.2 Å². The first-order valence-corrected chi connectivity index (χ1v) is 11.4. The number of sulfonamides is 1. The van der Waals surface area contributed by atoms with Crippen molar-refractivity contribution < 1.29 is 17.9 Å². The molecule has 2 aromatic rings. The maximum absolute atomic E-state index is 12.7. The van der Waals surface area contributed by atoms with Gasteiger partial charge in [0.05, 0.1) is 18.2 Å². The lowest BCUT2D eigenvalue weighted by molar-refractivity contribution is -0.126. The lowest BCUT2D eigenvalue weighted by Crippen LogP contribution is -2.42. The summed E-state index contributed by atoms with van der Waals surface area (Å²) < 4.78 is 32.9. The monoisotopic (exact) mass is 479 g/mol. The molecule has 29 heavy (non-hydrogen) atoms. The van der Waals surface area contributed by atoms with Gasteiger partial charge in [0.2, 0.25) is 15.9 Å². The second kappa shape index (κ2) is 9.51. The zero-order valence-electron chi connectivity index (χ0n) is 15.9. The molecule has 0 atom stereocenters. The molecule has 0 aromatic heterocycles. The normalized spacial score (nSPS) is 16.1. The molecular weight excluding hydrogens is 458 g/mol. The first-order chi connectivity index (χ1) is 13.9. The molecule has 154 valence electrons. The van der Waals surface area contributed by atoms with Crippen LogP contribution in [0.2, 0.25) is 0 Å². The van der Waals surface area contributed by atoms with Crippen molar-refractivity contribution in [3.05, 3.63) is 58.6 Å². The van der Waals surface area contributed by atoms with E-state index in [0.717, 1.165) is 10.0 Å². The minimum absolute atomic E-state index is 0.204. The molecule has 1 amide bonds. The van der Waals surface area contributed by atoms with Gasteiger partial charge in [0.1, 0.15) is 5.75 Å². The molecular formula is C20H22BrN3O4S. The van der Waals surface area contributed by atoms with Gasteiger partial charge in [-0.3, -0.25) is 4.79 Å². The topological polar surface area (TPSA) is 88.1 Å². The molecule has 1 fully saturated rings. The van der Waals surface area contributed by atoms with E-state index in [4.69, 9.17) is 4.74 Å². The molecule has 1 aliphatic rings. The van der Waals surface area contributed by atoms with Crippen LogP contribution >= 0.6 is 15.9 Å². The largest absolute Gasteiger partial charge is 0.497 e. The molecule has 9 heteroatoms. The fourth-order valence-electron chi connectivity index (χ4n) is 3.10. The van der Waals surface area contributed by atoms with Gasteiger partial charge in [-0.25, -0.2) is 13.8 Å². The van der Waals surface area contributed by atoms with Gasteiger partial charge in [0.25, 0.3) is 0 Å². The highest BCUT2D eigenvalue weighted by molar-refractivity contribution is 9.10. The van der Waals surface area contributed by atoms with E-state index in [1.54, 1.807) is 43.7 Å². The number of hydrogen-bond acceptors (Lipinski definition) is 5. The third kappa shape index (κ3) is 5.43. The Bertz CT molecular complexity index is 985. The van der Waals surface area contributed by atoms with Gasteiger partial charge in [-0.05, 0) is 54.8 Å². The van der Waals surface area contributed by atoms with Crippen LogP contribution in [-0.4, -0.2) is 45.0 Å². The van der Waals surface area contributed by atoms with Crippen LogP contribution in [-0.2, 0) is 14.8 Å². The standard InChI is InChI=1S/C20H22BrN3O4S/c1-28-18-4-2-3-15(13-18)14-22-23-20(25)16-9-11-24(12-10-16)29(26,27)19-7-5-17(21)6-8-19/h2-8,13-14,16H,9-12H2,1H3,(H,23,25)/b22-14-. The predicted octanol–water partition coefficient (Wildman–Crippen LogP) is 3.01. The van der Waals surface area contributed by atoms with Gasteiger partial charge in [-0.15, -0.1) is 0 Å². The number of nitrogens with zero attached hydrogens (tertiary/aromatic N) is 2. The molecule has 0 radical (unpaired) electrons. The Morgan fingerprint density at radius 1 is 1.21 bits per heavy atom. The van der Waals surface area contributed by atoms with Gasteiger partial charge in [-0.2, -0.15) is 9.41 Å². The van der Waals surface area contributed by atoms with E-state index in [2.05, 4.69) is 26.5 Å². The third-order valence-corrected chi connectivity index (χ3v) is 7.20. The van der Waals surface area contributed by atoms with Crippen LogP contribution in [0.4, 0.5) is 0 Å². The van der Waals surface area contributed by atoms with E-state index in [0.29, 0.717) is 31.7 Å². The van der Waals surface area contributed by atoms with E-state index >= 15 is 0 Å². The summed E-state index contributed by atoms with van der Waals surface area (Å²) in [5.74, 6) is 0.235. The summed E-state index contributed by atoms with van der Waals surface area (Å²) in [7, 11) is -1.96. The predicted molar refractivity (Wildman–Crippen MR) is 114 cm³/mol. The Morgan fingerprint density at radius 2 is 1.90 bits per heavy atom. The Hall–Kier alpha value is -2.23. The quantitative estimate of drug-likeness (QED) is 0.509. The molecule has 0 spiro atoms. The van der Waals surface area contributed by atoms with E-state index < -0.39 is 10.0 Å². The van der Waals surface area contributed by atoms with Crippen LogP contribution in [0.5, 0.6) is 5.75 Å². The SMILES string of the molecule is COc1cccc(/C=N\NC(=O)C2CCN(S(=O)(=O)c3ccc(Br)cc3)CC2)c1. The van der Waals surface area contributed by atoms with Gasteiger partial charge < -0.3 is 4.74 Å². The summed E-state index contributed by atoms with van der Waals surface area (Å²) in [6.07, 6.45) is 2.46. The summed E-state index contributed by atoms with van der Waals surface area (Å²) in [5.41, 5.74) is 3.35. The molecule has 1 aliphatic heterocycles. The molecule has 3 rings (SSSR count). The zero-order chi connectivity index (χ0) is 20.9. The Morgan fingerprint density at radius 3 is 2.55 bits per heavy atom. The van der Waals surface area contributed by atoms with Crippen molar-refractivity contribution in [2.75, 3.05) is 20.2 Å². The Balaban J connectivity index is 1.54. The number of ether oxygens (including phenoxy) is 1. The number of halogens is 1. The highest BCUT2D eigenvalue weighted by atomic mass is 79.9. The number of hydrogen-bond donors (Lipinski definition) is 1. The molecule has 1 heterocycles. The number of amides is 1. The lowest BCUT2D eigenvalue weighted by atomic mass is 9.98. The number of benzene rings is 2. The Labute approximate surface area is 178 Å². The van der Waals surface area contributed by atoms with Crippen molar-refractivity contribution in [2.24, 2.45) is 11.0 Å². The summed E-state index contributed by atoms with van der Waals surface area (Å²) in [5, 5.41) is 4.00. The zero-order valence-corrected chi connectivity index (χ0v) is 18.3. The van der Waals surface area contributed by atoms with E-state index in [1.165, 1.54) is 4.31 Å². The molecule has 7 nitrogen and oxygen atoms in total. The second-order valence-electron chi connectivity index (χ2n) is 6.64. The minimum atomic E-state index is -3.55. The van der Waals surface area contributed by atoms with Crippen LogP contribution in [0, 0.1) is 5.92 Å². The molecule has 1 N–H and O–H groups in total. The lowest BCUT2D eigenvalue weighted by Gasteiger charge is -2.30. The van der Waals surface area contributed by atoms with Crippen molar-refractivity contribution in [1.82, 2.24) is 9.73 Å². The van der Waals surface area contributed by atoms with Gasteiger partial charge in [-0.1, -0.05) is 28.1 Å². The number of hydrazone groups is 1. The highest BCUT2D eigenvalue weighted by Gasteiger charge is 2.32.